The minimum Gasteiger partial charge on any atom is -0.493 e. The van der Waals surface area contributed by atoms with Crippen LogP contribution in [0, 0.1) is 10.1 Å². The number of methoxy groups -OCH3 is 2. The number of likely N-dealkylation sites (N-methyl/N-ethyl adjacent to an activating group) is 1. The summed E-state index contributed by atoms with van der Waals surface area (Å²) in [6, 6.07) is 3.17. The van der Waals surface area contributed by atoms with Gasteiger partial charge in [0.15, 0.2) is 11.5 Å². The molecule has 1 aromatic rings. The van der Waals surface area contributed by atoms with Crippen molar-refractivity contribution < 1.29 is 14.4 Å². The lowest BCUT2D eigenvalue weighted by Gasteiger charge is -2.32. The smallest absolute Gasteiger partial charge is 0.276 e. The quantitative estimate of drug-likeness (QED) is 0.563. The van der Waals surface area contributed by atoms with Gasteiger partial charge in [0.2, 0.25) is 0 Å². The summed E-state index contributed by atoms with van der Waals surface area (Å²) in [7, 11) is 5.15. The van der Waals surface area contributed by atoms with E-state index in [9.17, 15) is 10.1 Å². The van der Waals surface area contributed by atoms with Crippen LogP contribution in [0.3, 0.4) is 0 Å². The standard InChI is InChI=1S/C16H25N3O4/c1-17-7-9-18(10-8-17)6-4-5-13-11-15(22-2)16(23-3)12-14(13)19(20)21/h11-12H,4-10H2,1-3H3. The highest BCUT2D eigenvalue weighted by molar-refractivity contribution is 5.54. The Morgan fingerprint density at radius 1 is 1.13 bits per heavy atom. The van der Waals surface area contributed by atoms with E-state index in [2.05, 4.69) is 16.8 Å². The van der Waals surface area contributed by atoms with E-state index in [4.69, 9.17) is 9.47 Å². The monoisotopic (exact) mass is 323 g/mol. The highest BCUT2D eigenvalue weighted by Crippen LogP contribution is 2.35. The van der Waals surface area contributed by atoms with Crippen molar-refractivity contribution >= 4 is 5.69 Å². The maximum absolute atomic E-state index is 11.3. The second-order valence-electron chi connectivity index (χ2n) is 5.84. The zero-order chi connectivity index (χ0) is 16.8. The highest BCUT2D eigenvalue weighted by Gasteiger charge is 2.20. The van der Waals surface area contributed by atoms with Crippen LogP contribution in [0.1, 0.15) is 12.0 Å². The fraction of sp³-hybridized carbons (Fsp3) is 0.625. The summed E-state index contributed by atoms with van der Waals surface area (Å²) in [4.78, 5) is 15.7. The molecule has 1 saturated heterocycles. The van der Waals surface area contributed by atoms with Crippen molar-refractivity contribution in [3.63, 3.8) is 0 Å². The first-order chi connectivity index (χ1) is 11.0. The Balaban J connectivity index is 2.01. The number of nitro groups is 1. The lowest BCUT2D eigenvalue weighted by atomic mass is 10.1. The Labute approximate surface area is 136 Å². The minimum absolute atomic E-state index is 0.0982. The Kier molecular flexibility index (Phi) is 6.18. The van der Waals surface area contributed by atoms with Crippen LogP contribution in [-0.4, -0.2) is 68.7 Å². The van der Waals surface area contributed by atoms with Crippen molar-refractivity contribution in [1.29, 1.82) is 0 Å². The molecule has 0 saturated carbocycles. The molecule has 1 fully saturated rings. The van der Waals surface area contributed by atoms with Crippen LogP contribution in [0.25, 0.3) is 0 Å². The first kappa shape index (κ1) is 17.5. The molecular formula is C16H25N3O4. The zero-order valence-corrected chi connectivity index (χ0v) is 14.1. The van der Waals surface area contributed by atoms with Gasteiger partial charge >= 0.3 is 0 Å². The second-order valence-corrected chi connectivity index (χ2v) is 5.84. The molecule has 1 heterocycles. The van der Waals surface area contributed by atoms with Crippen molar-refractivity contribution in [1.82, 2.24) is 9.80 Å². The fourth-order valence-electron chi connectivity index (χ4n) is 2.85. The number of hydrogen-bond acceptors (Lipinski definition) is 6. The van der Waals surface area contributed by atoms with Gasteiger partial charge in [-0.1, -0.05) is 0 Å². The fourth-order valence-corrected chi connectivity index (χ4v) is 2.85. The summed E-state index contributed by atoms with van der Waals surface area (Å²) in [6.07, 6.45) is 1.54. The number of rotatable bonds is 7. The van der Waals surface area contributed by atoms with Crippen molar-refractivity contribution in [2.45, 2.75) is 12.8 Å². The molecule has 1 aliphatic heterocycles. The molecule has 2 rings (SSSR count). The van der Waals surface area contributed by atoms with Gasteiger partial charge in [-0.05, 0) is 32.5 Å². The van der Waals surface area contributed by atoms with Gasteiger partial charge in [0.1, 0.15) is 0 Å². The summed E-state index contributed by atoms with van der Waals surface area (Å²) in [6.45, 7) is 5.24. The Hall–Kier alpha value is -1.86. The van der Waals surface area contributed by atoms with Crippen LogP contribution >= 0.6 is 0 Å². The van der Waals surface area contributed by atoms with Crippen LogP contribution < -0.4 is 9.47 Å². The molecule has 0 bridgehead atoms. The summed E-state index contributed by atoms with van der Waals surface area (Å²) in [5, 5.41) is 11.3. The Morgan fingerprint density at radius 3 is 2.30 bits per heavy atom. The molecule has 0 atom stereocenters. The van der Waals surface area contributed by atoms with Gasteiger partial charge < -0.3 is 19.3 Å². The third-order valence-corrected chi connectivity index (χ3v) is 4.30. The van der Waals surface area contributed by atoms with Crippen molar-refractivity contribution in [2.24, 2.45) is 0 Å². The normalized spacial score (nSPS) is 16.3. The molecule has 128 valence electrons. The van der Waals surface area contributed by atoms with Gasteiger partial charge in [-0.25, -0.2) is 0 Å². The summed E-state index contributed by atoms with van der Waals surface area (Å²) in [5.74, 6) is 0.926. The largest absolute Gasteiger partial charge is 0.493 e. The topological polar surface area (TPSA) is 68.1 Å². The molecule has 0 spiro atoms. The maximum Gasteiger partial charge on any atom is 0.276 e. The number of piperazine rings is 1. The van der Waals surface area contributed by atoms with Crippen molar-refractivity contribution in [3.05, 3.63) is 27.8 Å². The number of nitro benzene ring substituents is 1. The Morgan fingerprint density at radius 2 is 1.74 bits per heavy atom. The lowest BCUT2D eigenvalue weighted by Crippen LogP contribution is -2.44. The predicted octanol–water partition coefficient (Wildman–Crippen LogP) is 1.79. The average Bonchev–Trinajstić information content (AvgIpc) is 2.55. The molecule has 7 heteroatoms. The average molecular weight is 323 g/mol. The first-order valence-corrected chi connectivity index (χ1v) is 7.85. The van der Waals surface area contributed by atoms with Gasteiger partial charge in [0.05, 0.1) is 25.2 Å². The molecule has 0 radical (unpaired) electrons. The van der Waals surface area contributed by atoms with Crippen LogP contribution in [-0.2, 0) is 6.42 Å². The molecule has 7 nitrogen and oxygen atoms in total. The van der Waals surface area contributed by atoms with E-state index in [1.807, 2.05) is 0 Å². The maximum atomic E-state index is 11.3. The molecule has 0 aromatic heterocycles. The van der Waals surface area contributed by atoms with E-state index in [1.54, 1.807) is 6.07 Å². The zero-order valence-electron chi connectivity index (χ0n) is 14.1. The molecule has 1 aliphatic rings. The third-order valence-electron chi connectivity index (χ3n) is 4.30. The second kappa shape index (κ2) is 8.12. The summed E-state index contributed by atoms with van der Waals surface area (Å²) < 4.78 is 10.4. The van der Waals surface area contributed by atoms with Crippen molar-refractivity contribution in [2.75, 3.05) is 54.0 Å². The molecule has 0 N–H and O–H groups in total. The van der Waals surface area contributed by atoms with Crippen LogP contribution in [0.2, 0.25) is 0 Å². The molecule has 0 amide bonds. The van der Waals surface area contributed by atoms with Crippen LogP contribution in [0.5, 0.6) is 11.5 Å². The van der Waals surface area contributed by atoms with E-state index in [0.29, 0.717) is 23.5 Å². The molecule has 1 aromatic carbocycles. The van der Waals surface area contributed by atoms with Gasteiger partial charge in [0.25, 0.3) is 5.69 Å². The number of aryl methyl sites for hydroxylation is 1. The first-order valence-electron chi connectivity index (χ1n) is 7.85. The third kappa shape index (κ3) is 4.56. The van der Waals surface area contributed by atoms with Crippen molar-refractivity contribution in [3.8, 4) is 11.5 Å². The predicted molar refractivity (Wildman–Crippen MR) is 88.5 cm³/mol. The SMILES string of the molecule is COc1cc(CCCN2CCN(C)CC2)c([N+](=O)[O-])cc1OC. The Bertz CT molecular complexity index is 542. The van der Waals surface area contributed by atoms with E-state index >= 15 is 0 Å². The van der Waals surface area contributed by atoms with Crippen LogP contribution in [0.4, 0.5) is 5.69 Å². The number of hydrogen-bond donors (Lipinski definition) is 0. The van der Waals surface area contributed by atoms with E-state index < -0.39 is 0 Å². The lowest BCUT2D eigenvalue weighted by molar-refractivity contribution is -0.385. The van der Waals surface area contributed by atoms with E-state index in [0.717, 1.165) is 39.1 Å². The van der Waals surface area contributed by atoms with Crippen LogP contribution in [0.15, 0.2) is 12.1 Å². The van der Waals surface area contributed by atoms with Gasteiger partial charge in [-0.3, -0.25) is 10.1 Å². The summed E-state index contributed by atoms with van der Waals surface area (Å²) in [5.41, 5.74) is 0.794. The molecule has 23 heavy (non-hydrogen) atoms. The highest BCUT2D eigenvalue weighted by atomic mass is 16.6. The molecule has 0 unspecified atom stereocenters. The minimum atomic E-state index is -0.354. The van der Waals surface area contributed by atoms with Gasteiger partial charge in [-0.2, -0.15) is 0 Å². The van der Waals surface area contributed by atoms with E-state index in [-0.39, 0.29) is 10.6 Å². The summed E-state index contributed by atoms with van der Waals surface area (Å²) >= 11 is 0. The molecule has 0 aliphatic carbocycles. The van der Waals surface area contributed by atoms with E-state index in [1.165, 1.54) is 20.3 Å². The number of nitrogens with zero attached hydrogens (tertiary/aromatic N) is 3. The van der Waals surface area contributed by atoms with Gasteiger partial charge in [0, 0.05) is 31.7 Å². The molecular weight excluding hydrogens is 298 g/mol. The van der Waals surface area contributed by atoms with Gasteiger partial charge in [-0.15, -0.1) is 0 Å². The number of benzene rings is 1. The number of ether oxygens (including phenoxy) is 2.